The van der Waals surface area contributed by atoms with Crippen LogP contribution in [0.4, 0.5) is 5.69 Å². The molecule has 0 aliphatic rings. The summed E-state index contributed by atoms with van der Waals surface area (Å²) in [5.74, 6) is 1.43. The molecule has 2 N–H and O–H groups in total. The normalized spacial score (nSPS) is 10.4. The number of para-hydroxylation sites is 2. The average Bonchev–Trinajstić information content (AvgIpc) is 2.55. The van der Waals surface area contributed by atoms with Gasteiger partial charge in [-0.25, -0.2) is 0 Å². The van der Waals surface area contributed by atoms with E-state index in [9.17, 15) is 0 Å². The van der Waals surface area contributed by atoms with Gasteiger partial charge in [0.1, 0.15) is 11.5 Å². The van der Waals surface area contributed by atoms with Crippen LogP contribution in [-0.4, -0.2) is 25.5 Å². The fourth-order valence-electron chi connectivity index (χ4n) is 1.86. The van der Waals surface area contributed by atoms with Crippen molar-refractivity contribution < 1.29 is 9.47 Å². The molecular formula is C16H16BrN3O2S. The van der Waals surface area contributed by atoms with Crippen molar-refractivity contribution in [3.8, 4) is 11.5 Å². The number of anilines is 1. The Labute approximate surface area is 148 Å². The van der Waals surface area contributed by atoms with Crippen LogP contribution in [0.5, 0.6) is 11.5 Å². The van der Waals surface area contributed by atoms with Crippen molar-refractivity contribution >= 4 is 45.2 Å². The quantitative estimate of drug-likeness (QED) is 0.459. The van der Waals surface area contributed by atoms with E-state index >= 15 is 0 Å². The summed E-state index contributed by atoms with van der Waals surface area (Å²) in [7, 11) is 3.22. The lowest BCUT2D eigenvalue weighted by Crippen LogP contribution is -2.24. The van der Waals surface area contributed by atoms with Gasteiger partial charge >= 0.3 is 0 Å². The minimum atomic E-state index is 0.361. The predicted molar refractivity (Wildman–Crippen MR) is 101 cm³/mol. The van der Waals surface area contributed by atoms with Gasteiger partial charge in [-0.3, -0.25) is 5.43 Å². The molecule has 0 fully saturated rings. The summed E-state index contributed by atoms with van der Waals surface area (Å²) < 4.78 is 11.5. The number of nitrogens with one attached hydrogen (secondary N) is 2. The number of ether oxygens (including phenoxy) is 2. The smallest absolute Gasteiger partial charge is 0.191 e. The third kappa shape index (κ3) is 4.94. The predicted octanol–water partition coefficient (Wildman–Crippen LogP) is 3.79. The maximum Gasteiger partial charge on any atom is 0.191 e. The van der Waals surface area contributed by atoms with E-state index in [2.05, 4.69) is 31.8 Å². The number of rotatable bonds is 5. The van der Waals surface area contributed by atoms with E-state index in [1.54, 1.807) is 20.4 Å². The first kappa shape index (κ1) is 17.2. The fraction of sp³-hybridized carbons (Fsp3) is 0.125. The summed E-state index contributed by atoms with van der Waals surface area (Å²) >= 11 is 8.63. The highest BCUT2D eigenvalue weighted by Gasteiger charge is 2.03. The highest BCUT2D eigenvalue weighted by Crippen LogP contribution is 2.23. The topological polar surface area (TPSA) is 54.9 Å². The number of thiocarbonyl (C=S) groups is 1. The zero-order chi connectivity index (χ0) is 16.7. The molecule has 0 aromatic heterocycles. The second-order valence-corrected chi connectivity index (χ2v) is 5.73. The lowest BCUT2D eigenvalue weighted by atomic mass is 10.2. The average molecular weight is 394 g/mol. The van der Waals surface area contributed by atoms with Gasteiger partial charge < -0.3 is 14.8 Å². The number of halogens is 1. The largest absolute Gasteiger partial charge is 0.496 e. The van der Waals surface area contributed by atoms with Gasteiger partial charge in [-0.15, -0.1) is 0 Å². The maximum absolute atomic E-state index is 5.28. The lowest BCUT2D eigenvalue weighted by molar-refractivity contribution is 0.414. The first-order valence-electron chi connectivity index (χ1n) is 6.70. The van der Waals surface area contributed by atoms with E-state index < -0.39 is 0 Å². The van der Waals surface area contributed by atoms with Gasteiger partial charge in [-0.05, 0) is 42.5 Å². The van der Waals surface area contributed by atoms with Crippen LogP contribution in [0, 0.1) is 0 Å². The molecule has 0 aliphatic carbocycles. The minimum Gasteiger partial charge on any atom is -0.496 e. The van der Waals surface area contributed by atoms with Gasteiger partial charge in [-0.1, -0.05) is 28.1 Å². The van der Waals surface area contributed by atoms with Gasteiger partial charge in [0.15, 0.2) is 5.11 Å². The molecular weight excluding hydrogens is 378 g/mol. The molecule has 7 heteroatoms. The fourth-order valence-corrected chi connectivity index (χ4v) is 2.41. The Morgan fingerprint density at radius 2 is 1.87 bits per heavy atom. The zero-order valence-corrected chi connectivity index (χ0v) is 15.1. The first-order valence-corrected chi connectivity index (χ1v) is 7.90. The van der Waals surface area contributed by atoms with Gasteiger partial charge in [0.05, 0.1) is 26.1 Å². The molecule has 23 heavy (non-hydrogen) atoms. The molecule has 0 unspecified atom stereocenters. The van der Waals surface area contributed by atoms with Crippen molar-refractivity contribution in [3.63, 3.8) is 0 Å². The summed E-state index contributed by atoms with van der Waals surface area (Å²) in [6, 6.07) is 13.2. The van der Waals surface area contributed by atoms with Crippen LogP contribution in [0.3, 0.4) is 0 Å². The zero-order valence-electron chi connectivity index (χ0n) is 12.7. The van der Waals surface area contributed by atoms with Gasteiger partial charge in [0, 0.05) is 10.0 Å². The molecule has 0 radical (unpaired) electrons. The Morgan fingerprint density at radius 3 is 2.61 bits per heavy atom. The third-order valence-corrected chi connectivity index (χ3v) is 3.60. The Bertz CT molecular complexity index is 722. The molecule has 2 aromatic carbocycles. The van der Waals surface area contributed by atoms with E-state index in [-0.39, 0.29) is 0 Å². The second-order valence-electron chi connectivity index (χ2n) is 4.41. The highest BCUT2D eigenvalue weighted by molar-refractivity contribution is 9.10. The number of hydrogen-bond acceptors (Lipinski definition) is 4. The van der Waals surface area contributed by atoms with Crippen LogP contribution in [0.15, 0.2) is 52.0 Å². The number of methoxy groups -OCH3 is 2. The van der Waals surface area contributed by atoms with Gasteiger partial charge in [0.25, 0.3) is 0 Å². The Kier molecular flexibility index (Phi) is 6.37. The molecule has 0 saturated carbocycles. The van der Waals surface area contributed by atoms with Gasteiger partial charge in [0.2, 0.25) is 0 Å². The Hall–Kier alpha value is -2.12. The first-order chi connectivity index (χ1) is 11.1. The number of nitrogens with zero attached hydrogens (tertiary/aromatic N) is 1. The molecule has 0 bridgehead atoms. The monoisotopic (exact) mass is 393 g/mol. The lowest BCUT2D eigenvalue weighted by Gasteiger charge is -2.11. The molecule has 0 atom stereocenters. The Balaban J connectivity index is 2.00. The van der Waals surface area contributed by atoms with E-state index in [0.29, 0.717) is 10.9 Å². The maximum atomic E-state index is 5.28. The van der Waals surface area contributed by atoms with Crippen LogP contribution in [0.25, 0.3) is 0 Å². The molecule has 0 aliphatic heterocycles. The summed E-state index contributed by atoms with van der Waals surface area (Å²) in [5.41, 5.74) is 4.36. The summed E-state index contributed by atoms with van der Waals surface area (Å²) in [6.45, 7) is 0. The van der Waals surface area contributed by atoms with Crippen LogP contribution >= 0.6 is 28.1 Å². The number of benzene rings is 2. The van der Waals surface area contributed by atoms with Crippen LogP contribution in [0.2, 0.25) is 0 Å². The number of hydrazone groups is 1. The molecule has 2 aromatic rings. The van der Waals surface area contributed by atoms with E-state index in [1.807, 2.05) is 42.5 Å². The van der Waals surface area contributed by atoms with Crippen LogP contribution < -0.4 is 20.2 Å². The standard InChI is InChI=1S/C16H16BrN3O2S/c1-21-14-8-7-12(17)9-11(14)10-18-20-16(23)19-13-5-3-4-6-15(13)22-2/h3-10H,1-2H3,(H2,19,20,23)/b18-10+. The summed E-state index contributed by atoms with van der Waals surface area (Å²) in [4.78, 5) is 0. The molecule has 0 heterocycles. The molecule has 120 valence electrons. The van der Waals surface area contributed by atoms with Gasteiger partial charge in [-0.2, -0.15) is 5.10 Å². The Morgan fingerprint density at radius 1 is 1.13 bits per heavy atom. The van der Waals surface area contributed by atoms with E-state index in [1.165, 1.54) is 0 Å². The molecule has 2 rings (SSSR count). The summed E-state index contributed by atoms with van der Waals surface area (Å²) in [5, 5.41) is 7.51. The van der Waals surface area contributed by atoms with E-state index in [0.717, 1.165) is 21.5 Å². The second kappa shape index (κ2) is 8.50. The van der Waals surface area contributed by atoms with Crippen molar-refractivity contribution in [1.29, 1.82) is 0 Å². The van der Waals surface area contributed by atoms with Crippen molar-refractivity contribution in [2.24, 2.45) is 5.10 Å². The SMILES string of the molecule is COc1ccc(Br)cc1/C=N/NC(=S)Nc1ccccc1OC. The summed E-state index contributed by atoms with van der Waals surface area (Å²) in [6.07, 6.45) is 1.64. The van der Waals surface area contributed by atoms with Crippen molar-refractivity contribution in [1.82, 2.24) is 5.43 Å². The molecule has 0 amide bonds. The van der Waals surface area contributed by atoms with Crippen LogP contribution in [-0.2, 0) is 0 Å². The molecule has 5 nitrogen and oxygen atoms in total. The minimum absolute atomic E-state index is 0.361. The molecule has 0 spiro atoms. The number of hydrogen-bond donors (Lipinski definition) is 2. The third-order valence-electron chi connectivity index (χ3n) is 2.92. The van der Waals surface area contributed by atoms with Crippen LogP contribution in [0.1, 0.15) is 5.56 Å². The highest BCUT2D eigenvalue weighted by atomic mass is 79.9. The van der Waals surface area contributed by atoms with Crippen molar-refractivity contribution in [2.45, 2.75) is 0 Å². The van der Waals surface area contributed by atoms with Crippen molar-refractivity contribution in [2.75, 3.05) is 19.5 Å². The molecule has 0 saturated heterocycles. The van der Waals surface area contributed by atoms with E-state index in [4.69, 9.17) is 21.7 Å². The van der Waals surface area contributed by atoms with Crippen molar-refractivity contribution in [3.05, 3.63) is 52.5 Å².